The highest BCUT2D eigenvalue weighted by atomic mass is 32.2. The second-order valence-electron chi connectivity index (χ2n) is 4.09. The van der Waals surface area contributed by atoms with Gasteiger partial charge in [-0.3, -0.25) is 9.89 Å². The van der Waals surface area contributed by atoms with Crippen LogP contribution >= 0.6 is 0 Å². The van der Waals surface area contributed by atoms with Crippen LogP contribution in [0, 0.1) is 13.8 Å². The first-order valence-electron chi connectivity index (χ1n) is 4.89. The Hall–Kier alpha value is -1.04. The quantitative estimate of drug-likeness (QED) is 0.746. The van der Waals surface area contributed by atoms with E-state index in [1.54, 1.807) is 6.92 Å². The molecular formula is C9H14N2O3S. The SMILES string of the molecule is Cc1[nH]n([C@H]2CCS(=O)(=O)C2)c(=O)c1C. The van der Waals surface area contributed by atoms with E-state index in [0.717, 1.165) is 5.69 Å². The summed E-state index contributed by atoms with van der Waals surface area (Å²) in [5, 5.41) is 2.93. The lowest BCUT2D eigenvalue weighted by molar-refractivity contribution is 0.483. The molecule has 0 amide bonds. The maximum Gasteiger partial charge on any atom is 0.269 e. The molecule has 1 fully saturated rings. The summed E-state index contributed by atoms with van der Waals surface area (Å²) in [5.74, 6) is 0.257. The van der Waals surface area contributed by atoms with Gasteiger partial charge in [-0.2, -0.15) is 0 Å². The Morgan fingerprint density at radius 3 is 2.47 bits per heavy atom. The Morgan fingerprint density at radius 2 is 2.07 bits per heavy atom. The van der Waals surface area contributed by atoms with Crippen molar-refractivity contribution >= 4 is 9.84 Å². The van der Waals surface area contributed by atoms with Crippen molar-refractivity contribution in [3.05, 3.63) is 21.6 Å². The van der Waals surface area contributed by atoms with Gasteiger partial charge >= 0.3 is 0 Å². The van der Waals surface area contributed by atoms with E-state index in [0.29, 0.717) is 12.0 Å². The highest BCUT2D eigenvalue weighted by molar-refractivity contribution is 7.91. The topological polar surface area (TPSA) is 71.9 Å². The number of nitrogens with one attached hydrogen (secondary N) is 1. The molecular weight excluding hydrogens is 216 g/mol. The molecule has 0 saturated carbocycles. The van der Waals surface area contributed by atoms with Crippen molar-refractivity contribution in [2.24, 2.45) is 0 Å². The molecule has 0 aliphatic carbocycles. The number of aromatic nitrogens is 2. The van der Waals surface area contributed by atoms with Gasteiger partial charge in [0, 0.05) is 11.3 Å². The fourth-order valence-corrected chi connectivity index (χ4v) is 3.59. The monoisotopic (exact) mass is 230 g/mol. The van der Waals surface area contributed by atoms with Crippen molar-refractivity contribution in [1.82, 2.24) is 9.78 Å². The summed E-state index contributed by atoms with van der Waals surface area (Å²) < 4.78 is 24.0. The lowest BCUT2D eigenvalue weighted by atomic mass is 10.2. The zero-order valence-electron chi connectivity index (χ0n) is 8.78. The second-order valence-corrected chi connectivity index (χ2v) is 6.32. The molecule has 2 rings (SSSR count). The van der Waals surface area contributed by atoms with Crippen molar-refractivity contribution < 1.29 is 8.42 Å². The van der Waals surface area contributed by atoms with E-state index >= 15 is 0 Å². The summed E-state index contributed by atoms with van der Waals surface area (Å²) >= 11 is 0. The minimum Gasteiger partial charge on any atom is -0.299 e. The highest BCUT2D eigenvalue weighted by Crippen LogP contribution is 2.21. The summed E-state index contributed by atoms with van der Waals surface area (Å²) in [4.78, 5) is 11.7. The van der Waals surface area contributed by atoms with Crippen molar-refractivity contribution in [3.8, 4) is 0 Å². The van der Waals surface area contributed by atoms with E-state index in [2.05, 4.69) is 5.10 Å². The normalized spacial score (nSPS) is 24.5. The number of aromatic amines is 1. The molecule has 0 bridgehead atoms. The molecule has 1 N–H and O–H groups in total. The lowest BCUT2D eigenvalue weighted by Gasteiger charge is -2.07. The Balaban J connectivity index is 2.40. The molecule has 0 unspecified atom stereocenters. The zero-order chi connectivity index (χ0) is 11.2. The van der Waals surface area contributed by atoms with Crippen LogP contribution in [0.4, 0.5) is 0 Å². The van der Waals surface area contributed by atoms with E-state index < -0.39 is 9.84 Å². The third kappa shape index (κ3) is 1.73. The van der Waals surface area contributed by atoms with Crippen LogP contribution in [0.2, 0.25) is 0 Å². The molecule has 5 nitrogen and oxygen atoms in total. The van der Waals surface area contributed by atoms with Crippen LogP contribution in [0.3, 0.4) is 0 Å². The second kappa shape index (κ2) is 3.23. The van der Waals surface area contributed by atoms with E-state index in [9.17, 15) is 13.2 Å². The summed E-state index contributed by atoms with van der Waals surface area (Å²) in [7, 11) is -2.94. The molecule has 15 heavy (non-hydrogen) atoms. The van der Waals surface area contributed by atoms with Gasteiger partial charge in [-0.15, -0.1) is 0 Å². The van der Waals surface area contributed by atoms with Gasteiger partial charge in [-0.25, -0.2) is 13.1 Å². The van der Waals surface area contributed by atoms with Gasteiger partial charge in [0.25, 0.3) is 5.56 Å². The molecule has 0 spiro atoms. The van der Waals surface area contributed by atoms with Gasteiger partial charge in [0.2, 0.25) is 0 Å². The summed E-state index contributed by atoms with van der Waals surface area (Å²) in [6.45, 7) is 3.56. The first-order valence-corrected chi connectivity index (χ1v) is 6.71. The number of hydrogen-bond acceptors (Lipinski definition) is 3. The lowest BCUT2D eigenvalue weighted by Crippen LogP contribution is -2.24. The van der Waals surface area contributed by atoms with Gasteiger partial charge in [0.15, 0.2) is 9.84 Å². The highest BCUT2D eigenvalue weighted by Gasteiger charge is 2.30. The molecule has 1 saturated heterocycles. The van der Waals surface area contributed by atoms with Crippen LogP contribution in [0.25, 0.3) is 0 Å². The molecule has 2 heterocycles. The summed E-state index contributed by atoms with van der Waals surface area (Å²) in [6.07, 6.45) is 0.529. The molecule has 1 aromatic rings. The van der Waals surface area contributed by atoms with E-state index in [1.807, 2.05) is 6.92 Å². The molecule has 1 atom stereocenters. The van der Waals surface area contributed by atoms with Gasteiger partial charge in [-0.1, -0.05) is 0 Å². The molecule has 1 aliphatic rings. The molecule has 1 aliphatic heterocycles. The average molecular weight is 230 g/mol. The van der Waals surface area contributed by atoms with Gasteiger partial charge in [-0.05, 0) is 20.3 Å². The predicted octanol–water partition coefficient (Wildman–Crippen LogP) is 0.153. The number of sulfone groups is 1. The number of hydrogen-bond donors (Lipinski definition) is 1. The summed E-state index contributed by atoms with van der Waals surface area (Å²) in [5.41, 5.74) is 1.37. The van der Waals surface area contributed by atoms with Crippen molar-refractivity contribution in [1.29, 1.82) is 0 Å². The minimum atomic E-state index is -2.94. The molecule has 84 valence electrons. The van der Waals surface area contributed by atoms with Crippen molar-refractivity contribution in [2.75, 3.05) is 11.5 Å². The first kappa shape index (κ1) is 10.5. The van der Waals surface area contributed by atoms with E-state index in [-0.39, 0.29) is 23.1 Å². The number of rotatable bonds is 1. The van der Waals surface area contributed by atoms with Gasteiger partial charge in [0.05, 0.1) is 17.5 Å². The predicted molar refractivity (Wildman–Crippen MR) is 56.8 cm³/mol. The Kier molecular flexibility index (Phi) is 2.26. The number of aryl methyl sites for hydroxylation is 1. The Morgan fingerprint density at radius 1 is 1.40 bits per heavy atom. The van der Waals surface area contributed by atoms with Gasteiger partial charge < -0.3 is 0 Å². The smallest absolute Gasteiger partial charge is 0.269 e. The van der Waals surface area contributed by atoms with E-state index in [4.69, 9.17) is 0 Å². The maximum atomic E-state index is 11.7. The van der Waals surface area contributed by atoms with Crippen LogP contribution in [-0.2, 0) is 9.84 Å². The summed E-state index contributed by atoms with van der Waals surface area (Å²) in [6, 6.07) is -0.213. The maximum absolute atomic E-state index is 11.7. The zero-order valence-corrected chi connectivity index (χ0v) is 9.60. The number of H-pyrrole nitrogens is 1. The van der Waals surface area contributed by atoms with Crippen LogP contribution in [0.5, 0.6) is 0 Å². The molecule has 0 radical (unpaired) electrons. The average Bonchev–Trinajstić information content (AvgIpc) is 2.62. The molecule has 0 aromatic carbocycles. The van der Waals surface area contributed by atoms with Crippen LogP contribution < -0.4 is 5.56 Å². The van der Waals surface area contributed by atoms with Crippen molar-refractivity contribution in [3.63, 3.8) is 0 Å². The fraction of sp³-hybridized carbons (Fsp3) is 0.667. The standard InChI is InChI=1S/C9H14N2O3S/c1-6-7(2)10-11(9(6)12)8-3-4-15(13,14)5-8/h8,10H,3-5H2,1-2H3/t8-/m0/s1. The number of nitrogens with zero attached hydrogens (tertiary/aromatic N) is 1. The minimum absolute atomic E-state index is 0.0757. The Labute approximate surface area is 88.0 Å². The van der Waals surface area contributed by atoms with Gasteiger partial charge in [0.1, 0.15) is 0 Å². The van der Waals surface area contributed by atoms with Crippen LogP contribution in [0.1, 0.15) is 23.7 Å². The molecule has 1 aromatic heterocycles. The first-order chi connectivity index (χ1) is 6.91. The Bertz CT molecular complexity index is 538. The van der Waals surface area contributed by atoms with Crippen molar-refractivity contribution in [2.45, 2.75) is 26.3 Å². The fourth-order valence-electron chi connectivity index (χ4n) is 1.89. The molecule has 6 heteroatoms. The third-order valence-electron chi connectivity index (χ3n) is 2.96. The van der Waals surface area contributed by atoms with E-state index in [1.165, 1.54) is 4.68 Å². The van der Waals surface area contributed by atoms with Crippen LogP contribution in [0.15, 0.2) is 4.79 Å². The van der Waals surface area contributed by atoms with Crippen LogP contribution in [-0.4, -0.2) is 29.7 Å². The third-order valence-corrected chi connectivity index (χ3v) is 4.71. The largest absolute Gasteiger partial charge is 0.299 e.